The van der Waals surface area contributed by atoms with E-state index in [0.717, 1.165) is 28.2 Å². The summed E-state index contributed by atoms with van der Waals surface area (Å²) in [6.45, 7) is 2.08. The predicted octanol–water partition coefficient (Wildman–Crippen LogP) is 3.63. The molecule has 1 aliphatic rings. The smallest absolute Gasteiger partial charge is 0.246 e. The Bertz CT molecular complexity index is 1160. The van der Waals surface area contributed by atoms with Crippen LogP contribution in [0.2, 0.25) is 0 Å². The zero-order valence-corrected chi connectivity index (χ0v) is 16.6. The summed E-state index contributed by atoms with van der Waals surface area (Å²) in [7, 11) is -1.32. The molecule has 6 nitrogen and oxygen atoms in total. The van der Waals surface area contributed by atoms with Gasteiger partial charge in [-0.15, -0.1) is 0 Å². The normalized spacial score (nSPS) is 17.5. The fourth-order valence-corrected chi connectivity index (χ4v) is 5.56. The van der Waals surface area contributed by atoms with Crippen LogP contribution in [0.3, 0.4) is 0 Å². The summed E-state index contributed by atoms with van der Waals surface area (Å²) in [6.07, 6.45) is 0.553. The van der Waals surface area contributed by atoms with E-state index in [9.17, 15) is 12.8 Å². The van der Waals surface area contributed by atoms with Crippen LogP contribution in [0.15, 0.2) is 41.3 Å². The summed E-state index contributed by atoms with van der Waals surface area (Å²) in [5.41, 5.74) is 2.93. The van der Waals surface area contributed by atoms with Gasteiger partial charge in [-0.3, -0.25) is 0 Å². The van der Waals surface area contributed by atoms with Crippen LogP contribution in [-0.4, -0.2) is 38.5 Å². The van der Waals surface area contributed by atoms with Crippen LogP contribution in [-0.2, 0) is 16.4 Å². The molecule has 3 aromatic rings. The van der Waals surface area contributed by atoms with E-state index >= 15 is 0 Å². The van der Waals surface area contributed by atoms with Crippen LogP contribution in [0.1, 0.15) is 24.2 Å². The lowest BCUT2D eigenvalue weighted by Crippen LogP contribution is -2.39. The summed E-state index contributed by atoms with van der Waals surface area (Å²) < 4.78 is 52.8. The average Bonchev–Trinajstić information content (AvgIpc) is 3.07. The molecule has 1 aliphatic heterocycles. The largest absolute Gasteiger partial charge is 0.493 e. The zero-order valence-electron chi connectivity index (χ0n) is 15.8. The van der Waals surface area contributed by atoms with Crippen LogP contribution in [0.5, 0.6) is 11.5 Å². The third-order valence-corrected chi connectivity index (χ3v) is 7.29. The number of halogens is 1. The Morgan fingerprint density at radius 2 is 1.82 bits per heavy atom. The maximum atomic E-state index is 14.6. The van der Waals surface area contributed by atoms with Gasteiger partial charge in [0.1, 0.15) is 10.7 Å². The van der Waals surface area contributed by atoms with E-state index in [2.05, 4.69) is 4.98 Å². The van der Waals surface area contributed by atoms with E-state index in [1.165, 1.54) is 24.6 Å². The second-order valence-corrected chi connectivity index (χ2v) is 8.60. The summed E-state index contributed by atoms with van der Waals surface area (Å²) in [5.74, 6) is -0.561. The Balaban J connectivity index is 1.79. The minimum absolute atomic E-state index is 0.142. The summed E-state index contributed by atoms with van der Waals surface area (Å²) in [5, 5.41) is 1.10. The molecule has 148 valence electrons. The van der Waals surface area contributed by atoms with Gasteiger partial charge in [0.15, 0.2) is 11.5 Å². The lowest BCUT2D eigenvalue weighted by molar-refractivity contribution is 0.319. The quantitative estimate of drug-likeness (QED) is 0.721. The van der Waals surface area contributed by atoms with Crippen LogP contribution in [0.4, 0.5) is 4.39 Å². The second-order valence-electron chi connectivity index (χ2n) is 6.74. The van der Waals surface area contributed by atoms with Gasteiger partial charge in [0.2, 0.25) is 10.0 Å². The van der Waals surface area contributed by atoms with Gasteiger partial charge in [0.25, 0.3) is 0 Å². The van der Waals surface area contributed by atoms with Crippen molar-refractivity contribution in [3.8, 4) is 11.5 Å². The van der Waals surface area contributed by atoms with Crippen molar-refractivity contribution in [3.05, 3.63) is 53.5 Å². The monoisotopic (exact) mass is 404 g/mol. The maximum Gasteiger partial charge on any atom is 0.246 e. The first-order valence-corrected chi connectivity index (χ1v) is 10.3. The number of methoxy groups -OCH3 is 2. The van der Waals surface area contributed by atoms with Gasteiger partial charge < -0.3 is 14.5 Å². The number of benzene rings is 2. The maximum absolute atomic E-state index is 14.6. The first kappa shape index (κ1) is 18.8. The molecule has 0 radical (unpaired) electrons. The summed E-state index contributed by atoms with van der Waals surface area (Å²) in [6, 6.07) is 9.65. The fraction of sp³-hybridized carbons (Fsp3) is 0.300. The van der Waals surface area contributed by atoms with Crippen LogP contribution in [0, 0.1) is 5.82 Å². The standard InChI is InChI=1S/C20H21FN2O4S/c1-12-20-14(13-6-4-5-7-16(13)22-20)8-9-23(12)28(24,25)19-11-18(27-3)17(26-2)10-15(19)21/h4-7,10-12,22H,8-9H2,1-3H3/t12-/m1/s1. The van der Waals surface area contributed by atoms with E-state index < -0.39 is 26.8 Å². The van der Waals surface area contributed by atoms with Gasteiger partial charge in [-0.05, 0) is 25.0 Å². The number of hydrogen-bond donors (Lipinski definition) is 1. The molecule has 0 amide bonds. The number of fused-ring (bicyclic) bond motifs is 3. The van der Waals surface area contributed by atoms with E-state index in [1.807, 2.05) is 31.2 Å². The van der Waals surface area contributed by atoms with Crippen molar-refractivity contribution >= 4 is 20.9 Å². The molecule has 28 heavy (non-hydrogen) atoms. The average molecular weight is 404 g/mol. The molecule has 1 aromatic heterocycles. The van der Waals surface area contributed by atoms with Gasteiger partial charge >= 0.3 is 0 Å². The molecule has 1 N–H and O–H groups in total. The molecule has 4 rings (SSSR count). The highest BCUT2D eigenvalue weighted by Gasteiger charge is 2.37. The molecule has 1 atom stereocenters. The number of para-hydroxylation sites is 1. The number of aromatic amines is 1. The Morgan fingerprint density at radius 1 is 1.14 bits per heavy atom. The van der Waals surface area contributed by atoms with Gasteiger partial charge in [-0.1, -0.05) is 18.2 Å². The van der Waals surface area contributed by atoms with Gasteiger partial charge in [-0.25, -0.2) is 12.8 Å². The number of nitrogens with zero attached hydrogens (tertiary/aromatic N) is 1. The highest BCUT2D eigenvalue weighted by Crippen LogP contribution is 2.39. The van der Waals surface area contributed by atoms with E-state index in [-0.39, 0.29) is 18.0 Å². The van der Waals surface area contributed by atoms with Crippen LogP contribution < -0.4 is 9.47 Å². The van der Waals surface area contributed by atoms with Crippen molar-refractivity contribution < 1.29 is 22.3 Å². The summed E-state index contributed by atoms with van der Waals surface area (Å²) in [4.78, 5) is 2.91. The van der Waals surface area contributed by atoms with E-state index in [0.29, 0.717) is 6.42 Å². The number of H-pyrrole nitrogens is 1. The van der Waals surface area contributed by atoms with Crippen molar-refractivity contribution in [2.75, 3.05) is 20.8 Å². The molecule has 0 spiro atoms. The third kappa shape index (κ3) is 2.75. The Hall–Kier alpha value is -2.58. The lowest BCUT2D eigenvalue weighted by atomic mass is 10.0. The number of nitrogens with one attached hydrogen (secondary N) is 1. The lowest BCUT2D eigenvalue weighted by Gasteiger charge is -2.32. The molecule has 2 heterocycles. The second kappa shape index (κ2) is 6.79. The SMILES string of the molecule is COc1cc(F)c(S(=O)(=O)N2CCc3c([nH]c4ccccc34)[C@H]2C)cc1OC. The molecule has 0 saturated carbocycles. The first-order chi connectivity index (χ1) is 13.4. The highest BCUT2D eigenvalue weighted by atomic mass is 32.2. The molecule has 0 saturated heterocycles. The zero-order chi connectivity index (χ0) is 20.1. The van der Waals surface area contributed by atoms with Crippen molar-refractivity contribution in [2.24, 2.45) is 0 Å². The van der Waals surface area contributed by atoms with Crippen molar-refractivity contribution in [1.29, 1.82) is 0 Å². The minimum Gasteiger partial charge on any atom is -0.493 e. The van der Waals surface area contributed by atoms with Crippen molar-refractivity contribution in [3.63, 3.8) is 0 Å². The molecule has 0 aliphatic carbocycles. The molecule has 8 heteroatoms. The molecule has 0 unspecified atom stereocenters. The Morgan fingerprint density at radius 3 is 2.54 bits per heavy atom. The minimum atomic E-state index is -4.08. The number of hydrogen-bond acceptors (Lipinski definition) is 4. The Labute approximate surface area is 162 Å². The van der Waals surface area contributed by atoms with E-state index in [4.69, 9.17) is 9.47 Å². The topological polar surface area (TPSA) is 71.6 Å². The highest BCUT2D eigenvalue weighted by molar-refractivity contribution is 7.89. The van der Waals surface area contributed by atoms with Gasteiger partial charge in [0.05, 0.1) is 20.3 Å². The molecular weight excluding hydrogens is 383 g/mol. The molecule has 0 bridgehead atoms. The van der Waals surface area contributed by atoms with Crippen molar-refractivity contribution in [1.82, 2.24) is 9.29 Å². The first-order valence-electron chi connectivity index (χ1n) is 8.91. The van der Waals surface area contributed by atoms with Crippen LogP contribution in [0.25, 0.3) is 10.9 Å². The van der Waals surface area contributed by atoms with E-state index in [1.54, 1.807) is 0 Å². The van der Waals surface area contributed by atoms with Gasteiger partial charge in [0, 0.05) is 35.3 Å². The molecule has 2 aromatic carbocycles. The number of sulfonamides is 1. The van der Waals surface area contributed by atoms with Crippen molar-refractivity contribution in [2.45, 2.75) is 24.3 Å². The third-order valence-electron chi connectivity index (χ3n) is 5.30. The van der Waals surface area contributed by atoms with Crippen LogP contribution >= 0.6 is 0 Å². The predicted molar refractivity (Wildman–Crippen MR) is 104 cm³/mol. The Kier molecular flexibility index (Phi) is 4.55. The fourth-order valence-electron chi connectivity index (χ4n) is 3.89. The number of aromatic nitrogens is 1. The molecule has 0 fully saturated rings. The van der Waals surface area contributed by atoms with Gasteiger partial charge in [-0.2, -0.15) is 4.31 Å². The number of ether oxygens (including phenoxy) is 2. The summed E-state index contributed by atoms with van der Waals surface area (Å²) >= 11 is 0. The molecular formula is C20H21FN2O4S. The number of rotatable bonds is 4.